The number of aromatic nitrogens is 3. The highest BCUT2D eigenvalue weighted by Crippen LogP contribution is 2.34. The Hall–Kier alpha value is -3.71. The molecule has 0 bridgehead atoms. The molecular formula is C25H24N4O3. The second-order valence-electron chi connectivity index (χ2n) is 8.28. The molecule has 3 N–H and O–H groups in total. The zero-order valence-corrected chi connectivity index (χ0v) is 17.7. The van der Waals surface area contributed by atoms with Crippen LogP contribution in [-0.2, 0) is 4.79 Å². The number of amides is 1. The summed E-state index contributed by atoms with van der Waals surface area (Å²) in [4.78, 5) is 19.1. The molecule has 0 spiro atoms. The number of hydrogen-bond acceptors (Lipinski definition) is 5. The van der Waals surface area contributed by atoms with E-state index in [1.807, 2.05) is 49.4 Å². The Labute approximate surface area is 185 Å². The number of likely N-dealkylation sites (tertiary alicyclic amines) is 1. The van der Waals surface area contributed by atoms with Crippen molar-refractivity contribution in [2.45, 2.75) is 25.4 Å². The minimum absolute atomic E-state index is 0.0314. The number of aromatic hydroxyl groups is 1. The van der Waals surface area contributed by atoms with Gasteiger partial charge in [0.15, 0.2) is 5.65 Å². The SMILES string of the molecule is CC(C(=O)N1CCC(O)C1)c1cccc(-c2cnc3n[nH]c(-c4ccccc4O)c3c2)c1. The molecule has 1 fully saturated rings. The van der Waals surface area contributed by atoms with Crippen molar-refractivity contribution in [3.8, 4) is 28.1 Å². The molecule has 1 saturated heterocycles. The molecule has 162 valence electrons. The first-order valence-corrected chi connectivity index (χ1v) is 10.7. The molecule has 5 rings (SSSR count). The van der Waals surface area contributed by atoms with E-state index in [4.69, 9.17) is 0 Å². The first-order chi connectivity index (χ1) is 15.5. The van der Waals surface area contributed by atoms with E-state index < -0.39 is 6.10 Å². The molecule has 7 heteroatoms. The van der Waals surface area contributed by atoms with Gasteiger partial charge in [0, 0.05) is 35.8 Å². The zero-order chi connectivity index (χ0) is 22.2. The van der Waals surface area contributed by atoms with Crippen molar-refractivity contribution >= 4 is 16.9 Å². The topological polar surface area (TPSA) is 102 Å². The lowest BCUT2D eigenvalue weighted by atomic mass is 9.95. The lowest BCUT2D eigenvalue weighted by molar-refractivity contribution is -0.131. The molecule has 32 heavy (non-hydrogen) atoms. The van der Waals surface area contributed by atoms with Crippen LogP contribution in [0.5, 0.6) is 5.75 Å². The Morgan fingerprint density at radius 1 is 1.16 bits per heavy atom. The van der Waals surface area contributed by atoms with Gasteiger partial charge in [-0.25, -0.2) is 4.98 Å². The molecule has 2 atom stereocenters. The molecule has 4 aromatic rings. The highest BCUT2D eigenvalue weighted by Gasteiger charge is 2.28. The third-order valence-corrected chi connectivity index (χ3v) is 6.15. The number of fused-ring (bicyclic) bond motifs is 1. The van der Waals surface area contributed by atoms with Crippen LogP contribution in [0.4, 0.5) is 0 Å². The fourth-order valence-corrected chi connectivity index (χ4v) is 4.29. The van der Waals surface area contributed by atoms with Gasteiger partial charge in [0.25, 0.3) is 0 Å². The molecule has 0 aliphatic carbocycles. The summed E-state index contributed by atoms with van der Waals surface area (Å²) in [7, 11) is 0. The third kappa shape index (κ3) is 3.61. The number of nitrogens with zero attached hydrogens (tertiary/aromatic N) is 3. The maximum absolute atomic E-state index is 12.9. The number of aromatic amines is 1. The minimum atomic E-state index is -0.427. The number of carbonyl (C=O) groups is 1. The number of hydrogen-bond donors (Lipinski definition) is 3. The summed E-state index contributed by atoms with van der Waals surface area (Å²) < 4.78 is 0. The van der Waals surface area contributed by atoms with Gasteiger partial charge in [0.1, 0.15) is 5.75 Å². The summed E-state index contributed by atoms with van der Waals surface area (Å²) in [6.07, 6.45) is 1.97. The van der Waals surface area contributed by atoms with Gasteiger partial charge in [0.05, 0.1) is 17.7 Å². The highest BCUT2D eigenvalue weighted by molar-refractivity contribution is 5.94. The van der Waals surface area contributed by atoms with Gasteiger partial charge in [-0.1, -0.05) is 36.4 Å². The number of benzene rings is 2. The number of rotatable bonds is 4. The maximum Gasteiger partial charge on any atom is 0.229 e. The van der Waals surface area contributed by atoms with Crippen molar-refractivity contribution in [1.82, 2.24) is 20.1 Å². The molecule has 1 aliphatic heterocycles. The van der Waals surface area contributed by atoms with E-state index in [-0.39, 0.29) is 17.6 Å². The van der Waals surface area contributed by atoms with Crippen molar-refractivity contribution in [2.24, 2.45) is 0 Å². The lowest BCUT2D eigenvalue weighted by Gasteiger charge is -2.21. The van der Waals surface area contributed by atoms with Gasteiger partial charge in [-0.2, -0.15) is 5.10 Å². The first-order valence-electron chi connectivity index (χ1n) is 10.7. The molecular weight excluding hydrogens is 404 g/mol. The van der Waals surface area contributed by atoms with E-state index in [1.165, 1.54) is 0 Å². The summed E-state index contributed by atoms with van der Waals surface area (Å²) in [5.74, 6) is -0.100. The summed E-state index contributed by atoms with van der Waals surface area (Å²) in [6.45, 7) is 2.90. The average Bonchev–Trinajstić information content (AvgIpc) is 3.44. The summed E-state index contributed by atoms with van der Waals surface area (Å²) in [5.41, 5.74) is 4.70. The number of phenols is 1. The molecule has 3 heterocycles. The second-order valence-corrected chi connectivity index (χ2v) is 8.28. The van der Waals surface area contributed by atoms with Crippen molar-refractivity contribution in [3.05, 3.63) is 66.4 Å². The molecule has 1 aliphatic rings. The predicted octanol–water partition coefficient (Wildman–Crippen LogP) is 3.69. The van der Waals surface area contributed by atoms with Crippen LogP contribution in [0.2, 0.25) is 0 Å². The van der Waals surface area contributed by atoms with Crippen molar-refractivity contribution in [1.29, 1.82) is 0 Å². The van der Waals surface area contributed by atoms with E-state index in [2.05, 4.69) is 15.2 Å². The maximum atomic E-state index is 12.9. The Morgan fingerprint density at radius 2 is 2.00 bits per heavy atom. The van der Waals surface area contributed by atoms with Gasteiger partial charge < -0.3 is 15.1 Å². The van der Waals surface area contributed by atoms with Crippen LogP contribution in [0.25, 0.3) is 33.4 Å². The molecule has 2 unspecified atom stereocenters. The average molecular weight is 428 g/mol. The largest absolute Gasteiger partial charge is 0.507 e. The second kappa shape index (κ2) is 8.09. The number of aliphatic hydroxyl groups is 1. The van der Waals surface area contributed by atoms with E-state index in [1.54, 1.807) is 23.2 Å². The summed E-state index contributed by atoms with van der Waals surface area (Å²) in [6, 6.07) is 17.0. The number of nitrogens with one attached hydrogen (secondary N) is 1. The van der Waals surface area contributed by atoms with E-state index in [9.17, 15) is 15.0 Å². The number of phenolic OH excluding ortho intramolecular Hbond substituents is 1. The number of pyridine rings is 1. The summed E-state index contributed by atoms with van der Waals surface area (Å²) >= 11 is 0. The lowest BCUT2D eigenvalue weighted by Crippen LogP contribution is -2.33. The Kier molecular flexibility index (Phi) is 5.11. The van der Waals surface area contributed by atoms with Crippen LogP contribution < -0.4 is 0 Å². The van der Waals surface area contributed by atoms with Crippen molar-refractivity contribution < 1.29 is 15.0 Å². The molecule has 0 radical (unpaired) electrons. The fourth-order valence-electron chi connectivity index (χ4n) is 4.29. The van der Waals surface area contributed by atoms with Crippen molar-refractivity contribution in [2.75, 3.05) is 13.1 Å². The zero-order valence-electron chi connectivity index (χ0n) is 17.7. The van der Waals surface area contributed by atoms with E-state index in [0.717, 1.165) is 22.1 Å². The summed E-state index contributed by atoms with van der Waals surface area (Å²) in [5, 5.41) is 28.1. The van der Waals surface area contributed by atoms with Crippen molar-refractivity contribution in [3.63, 3.8) is 0 Å². The molecule has 1 amide bonds. The normalized spacial score (nSPS) is 17.1. The van der Waals surface area contributed by atoms with Gasteiger partial charge in [-0.3, -0.25) is 9.89 Å². The van der Waals surface area contributed by atoms with Crippen LogP contribution in [0, 0.1) is 0 Å². The predicted molar refractivity (Wildman–Crippen MR) is 122 cm³/mol. The minimum Gasteiger partial charge on any atom is -0.507 e. The van der Waals surface area contributed by atoms with Crippen LogP contribution in [0.3, 0.4) is 0 Å². The Balaban J connectivity index is 1.49. The smallest absolute Gasteiger partial charge is 0.229 e. The molecule has 0 saturated carbocycles. The van der Waals surface area contributed by atoms with Crippen LogP contribution in [0.15, 0.2) is 60.8 Å². The number of carbonyl (C=O) groups excluding carboxylic acids is 1. The van der Waals surface area contributed by atoms with Gasteiger partial charge in [-0.15, -0.1) is 0 Å². The molecule has 2 aromatic carbocycles. The third-order valence-electron chi connectivity index (χ3n) is 6.15. The number of β-amino-alcohol motifs (C(OH)–C–C–N with tert-alkyl or cyclic N) is 1. The number of para-hydroxylation sites is 1. The fraction of sp³-hybridized carbons (Fsp3) is 0.240. The highest BCUT2D eigenvalue weighted by atomic mass is 16.3. The van der Waals surface area contributed by atoms with Crippen LogP contribution in [0.1, 0.15) is 24.8 Å². The van der Waals surface area contributed by atoms with Crippen LogP contribution in [-0.4, -0.2) is 55.4 Å². The monoisotopic (exact) mass is 428 g/mol. The van der Waals surface area contributed by atoms with E-state index >= 15 is 0 Å². The quantitative estimate of drug-likeness (QED) is 0.460. The molecule has 7 nitrogen and oxygen atoms in total. The van der Waals surface area contributed by atoms with Gasteiger partial charge in [0.2, 0.25) is 5.91 Å². The van der Waals surface area contributed by atoms with Gasteiger partial charge in [-0.05, 0) is 42.7 Å². The van der Waals surface area contributed by atoms with Gasteiger partial charge >= 0.3 is 0 Å². The standard InChI is InChI=1S/C25H24N4O3/c1-15(25(32)29-10-9-19(30)14-29)16-5-4-6-17(11-16)18-12-21-23(27-28-24(21)26-13-18)20-7-2-3-8-22(20)31/h2-8,11-13,15,19,30-31H,9-10,14H2,1H3,(H,26,27,28). The number of H-pyrrole nitrogens is 1. The van der Waals surface area contributed by atoms with E-state index in [0.29, 0.717) is 36.4 Å². The van der Waals surface area contributed by atoms with Crippen LogP contribution >= 0.6 is 0 Å². The number of aliphatic hydroxyl groups excluding tert-OH is 1. The first kappa shape index (κ1) is 20.2. The Morgan fingerprint density at radius 3 is 2.78 bits per heavy atom. The molecule has 2 aromatic heterocycles. The Bertz CT molecular complexity index is 1300.